The summed E-state index contributed by atoms with van der Waals surface area (Å²) in [5.41, 5.74) is 0.820. The first-order chi connectivity index (χ1) is 13.4. The SMILES string of the molecule is CCOc1cc(/C=C(/C#N)C(=O)Nc2cc(Cl)ccc2Cl)cc(Br)c1OCC. The highest BCUT2D eigenvalue weighted by atomic mass is 79.9. The van der Waals surface area contributed by atoms with E-state index in [1.165, 1.54) is 12.1 Å². The van der Waals surface area contributed by atoms with E-state index in [-0.39, 0.29) is 5.57 Å². The number of nitriles is 1. The largest absolute Gasteiger partial charge is 0.490 e. The van der Waals surface area contributed by atoms with Gasteiger partial charge in [-0.25, -0.2) is 0 Å². The summed E-state index contributed by atoms with van der Waals surface area (Å²) in [5.74, 6) is 0.477. The Balaban J connectivity index is 2.36. The van der Waals surface area contributed by atoms with Crippen LogP contribution in [0.1, 0.15) is 19.4 Å². The number of rotatable bonds is 7. The quantitative estimate of drug-likeness (QED) is 0.381. The Morgan fingerprint density at radius 2 is 1.93 bits per heavy atom. The van der Waals surface area contributed by atoms with Crippen LogP contribution in [0.3, 0.4) is 0 Å². The zero-order valence-corrected chi connectivity index (χ0v) is 18.3. The molecule has 2 aromatic rings. The van der Waals surface area contributed by atoms with Crippen molar-refractivity contribution in [1.82, 2.24) is 0 Å². The number of amides is 1. The highest BCUT2D eigenvalue weighted by Crippen LogP contribution is 2.37. The summed E-state index contributed by atoms with van der Waals surface area (Å²) in [6, 6.07) is 10.0. The molecule has 2 rings (SSSR count). The number of ether oxygens (including phenoxy) is 2. The summed E-state index contributed by atoms with van der Waals surface area (Å²) < 4.78 is 11.9. The monoisotopic (exact) mass is 482 g/mol. The standard InChI is InChI=1S/C20H17BrCl2N2O3/c1-3-27-18-9-12(8-15(21)19(18)28-4-2)7-13(11-24)20(26)25-17-10-14(22)5-6-16(17)23/h5-10H,3-4H2,1-2H3,(H,25,26)/b13-7-. The highest BCUT2D eigenvalue weighted by Gasteiger charge is 2.15. The lowest BCUT2D eigenvalue weighted by atomic mass is 10.1. The second kappa shape index (κ2) is 10.4. The third kappa shape index (κ3) is 5.65. The van der Waals surface area contributed by atoms with E-state index in [1.54, 1.807) is 24.3 Å². The van der Waals surface area contributed by atoms with Crippen molar-refractivity contribution >= 4 is 56.8 Å². The molecule has 0 fully saturated rings. The molecule has 1 amide bonds. The molecule has 0 aliphatic heterocycles. The molecule has 8 heteroatoms. The Kier molecular flexibility index (Phi) is 8.18. The molecule has 5 nitrogen and oxygen atoms in total. The fourth-order valence-electron chi connectivity index (χ4n) is 2.32. The number of hydrogen-bond acceptors (Lipinski definition) is 4. The van der Waals surface area contributed by atoms with E-state index >= 15 is 0 Å². The Morgan fingerprint density at radius 3 is 2.57 bits per heavy atom. The van der Waals surface area contributed by atoms with Crippen molar-refractivity contribution in [2.24, 2.45) is 0 Å². The molecule has 1 N–H and O–H groups in total. The minimum absolute atomic E-state index is 0.102. The third-order valence-corrected chi connectivity index (χ3v) is 4.63. The Morgan fingerprint density at radius 1 is 1.21 bits per heavy atom. The molecule has 0 atom stereocenters. The van der Waals surface area contributed by atoms with Crippen LogP contribution in [-0.4, -0.2) is 19.1 Å². The summed E-state index contributed by atoms with van der Waals surface area (Å²) >= 11 is 15.4. The molecule has 2 aromatic carbocycles. The van der Waals surface area contributed by atoms with E-state index in [1.807, 2.05) is 19.9 Å². The zero-order valence-electron chi connectivity index (χ0n) is 15.2. The Hall–Kier alpha value is -2.20. The molecule has 0 spiro atoms. The molecular weight excluding hydrogens is 467 g/mol. The van der Waals surface area contributed by atoms with Crippen molar-refractivity contribution < 1.29 is 14.3 Å². The van der Waals surface area contributed by atoms with Gasteiger partial charge in [0, 0.05) is 5.02 Å². The van der Waals surface area contributed by atoms with Gasteiger partial charge in [0.1, 0.15) is 11.6 Å². The lowest BCUT2D eigenvalue weighted by molar-refractivity contribution is -0.112. The first-order valence-electron chi connectivity index (χ1n) is 8.36. The molecule has 0 saturated carbocycles. The summed E-state index contributed by atoms with van der Waals surface area (Å²) in [6.07, 6.45) is 1.46. The number of carbonyl (C=O) groups excluding carboxylic acids is 1. The minimum atomic E-state index is -0.602. The van der Waals surface area contributed by atoms with Gasteiger partial charge in [-0.1, -0.05) is 23.2 Å². The smallest absolute Gasteiger partial charge is 0.266 e. The lowest BCUT2D eigenvalue weighted by Crippen LogP contribution is -2.13. The number of nitrogens with one attached hydrogen (secondary N) is 1. The molecule has 0 radical (unpaired) electrons. The van der Waals surface area contributed by atoms with Crippen molar-refractivity contribution in [1.29, 1.82) is 5.26 Å². The number of nitrogens with zero attached hydrogens (tertiary/aromatic N) is 1. The molecule has 146 valence electrons. The van der Waals surface area contributed by atoms with Crippen LogP contribution < -0.4 is 14.8 Å². The van der Waals surface area contributed by atoms with Crippen LogP contribution in [0.2, 0.25) is 10.0 Å². The predicted molar refractivity (Wildman–Crippen MR) is 115 cm³/mol. The van der Waals surface area contributed by atoms with Crippen molar-refractivity contribution in [3.8, 4) is 17.6 Å². The van der Waals surface area contributed by atoms with Gasteiger partial charge >= 0.3 is 0 Å². The molecule has 0 unspecified atom stereocenters. The molecule has 0 aliphatic rings. The normalized spacial score (nSPS) is 10.9. The molecule has 0 saturated heterocycles. The molecule has 0 aliphatic carbocycles. The van der Waals surface area contributed by atoms with Crippen LogP contribution in [0.5, 0.6) is 11.5 Å². The van der Waals surface area contributed by atoms with Gasteiger partial charge < -0.3 is 14.8 Å². The van der Waals surface area contributed by atoms with Crippen LogP contribution in [-0.2, 0) is 4.79 Å². The Labute approximate surface area is 182 Å². The van der Waals surface area contributed by atoms with Crippen molar-refractivity contribution in [2.75, 3.05) is 18.5 Å². The molecule has 0 heterocycles. The minimum Gasteiger partial charge on any atom is -0.490 e. The molecule has 28 heavy (non-hydrogen) atoms. The third-order valence-electron chi connectivity index (χ3n) is 3.47. The summed E-state index contributed by atoms with van der Waals surface area (Å²) in [7, 11) is 0. The van der Waals surface area contributed by atoms with Gasteiger partial charge in [0.15, 0.2) is 11.5 Å². The predicted octanol–water partition coefficient (Wildman–Crippen LogP) is 6.10. The van der Waals surface area contributed by atoms with Crippen LogP contribution >= 0.6 is 39.1 Å². The lowest BCUT2D eigenvalue weighted by Gasteiger charge is -2.13. The van der Waals surface area contributed by atoms with Gasteiger partial charge in [-0.3, -0.25) is 4.79 Å². The van der Waals surface area contributed by atoms with Crippen molar-refractivity contribution in [3.63, 3.8) is 0 Å². The first kappa shape index (κ1) is 22.1. The number of halogens is 3. The van der Waals surface area contributed by atoms with Crippen LogP contribution in [0.4, 0.5) is 5.69 Å². The molecular formula is C20H17BrCl2N2O3. The van der Waals surface area contributed by atoms with E-state index in [0.29, 0.717) is 50.5 Å². The second-order valence-corrected chi connectivity index (χ2v) is 7.14. The number of benzene rings is 2. The van der Waals surface area contributed by atoms with Gasteiger partial charge in [-0.15, -0.1) is 0 Å². The van der Waals surface area contributed by atoms with Gasteiger partial charge in [-0.2, -0.15) is 5.26 Å². The van der Waals surface area contributed by atoms with Crippen LogP contribution in [0, 0.1) is 11.3 Å². The second-order valence-electron chi connectivity index (χ2n) is 5.44. The maximum atomic E-state index is 12.5. The molecule has 0 aromatic heterocycles. The van der Waals surface area contributed by atoms with Gasteiger partial charge in [0.2, 0.25) is 0 Å². The van der Waals surface area contributed by atoms with Gasteiger partial charge in [0.25, 0.3) is 5.91 Å². The van der Waals surface area contributed by atoms with E-state index in [9.17, 15) is 10.1 Å². The fraction of sp³-hybridized carbons (Fsp3) is 0.200. The fourth-order valence-corrected chi connectivity index (χ4v) is 3.23. The summed E-state index contributed by atoms with van der Waals surface area (Å²) in [5, 5.41) is 12.8. The van der Waals surface area contributed by atoms with Gasteiger partial charge in [-0.05, 0) is 71.7 Å². The number of hydrogen-bond donors (Lipinski definition) is 1. The maximum absolute atomic E-state index is 12.5. The maximum Gasteiger partial charge on any atom is 0.266 e. The Bertz CT molecular complexity index is 955. The molecule has 0 bridgehead atoms. The van der Waals surface area contributed by atoms with Crippen LogP contribution in [0.15, 0.2) is 40.4 Å². The van der Waals surface area contributed by atoms with Crippen molar-refractivity contribution in [2.45, 2.75) is 13.8 Å². The number of anilines is 1. The van der Waals surface area contributed by atoms with E-state index < -0.39 is 5.91 Å². The van der Waals surface area contributed by atoms with E-state index in [2.05, 4.69) is 21.2 Å². The van der Waals surface area contributed by atoms with Gasteiger partial charge in [0.05, 0.1) is 28.4 Å². The average molecular weight is 484 g/mol. The van der Waals surface area contributed by atoms with E-state index in [4.69, 9.17) is 32.7 Å². The summed E-state index contributed by atoms with van der Waals surface area (Å²) in [4.78, 5) is 12.5. The first-order valence-corrected chi connectivity index (χ1v) is 9.91. The van der Waals surface area contributed by atoms with E-state index in [0.717, 1.165) is 0 Å². The highest BCUT2D eigenvalue weighted by molar-refractivity contribution is 9.10. The summed E-state index contributed by atoms with van der Waals surface area (Å²) in [6.45, 7) is 4.64. The zero-order chi connectivity index (χ0) is 20.7. The number of carbonyl (C=O) groups is 1. The van der Waals surface area contributed by atoms with Crippen molar-refractivity contribution in [3.05, 3.63) is 56.0 Å². The topological polar surface area (TPSA) is 71.3 Å². The average Bonchev–Trinajstić information content (AvgIpc) is 2.65. The van der Waals surface area contributed by atoms with Crippen LogP contribution in [0.25, 0.3) is 6.08 Å².